The van der Waals surface area contributed by atoms with Crippen molar-refractivity contribution in [2.24, 2.45) is 0 Å². The van der Waals surface area contributed by atoms with Gasteiger partial charge >= 0.3 is 0 Å². The van der Waals surface area contributed by atoms with E-state index in [1.165, 1.54) is 44.1 Å². The highest BCUT2D eigenvalue weighted by Crippen LogP contribution is 2.21. The molecule has 0 heterocycles. The minimum atomic E-state index is 0.681. The van der Waals surface area contributed by atoms with Crippen LogP contribution in [0.3, 0.4) is 0 Å². The van der Waals surface area contributed by atoms with E-state index in [9.17, 15) is 0 Å². The van der Waals surface area contributed by atoms with Gasteiger partial charge in [0.2, 0.25) is 0 Å². The van der Waals surface area contributed by atoms with Crippen LogP contribution in [-0.4, -0.2) is 6.61 Å². The average molecular weight is 312 g/mol. The molecule has 0 saturated carbocycles. The Balaban J connectivity index is 1.61. The molecule has 0 bridgehead atoms. The van der Waals surface area contributed by atoms with Crippen LogP contribution < -0.4 is 4.74 Å². The predicted molar refractivity (Wildman–Crippen MR) is 96.0 cm³/mol. The third-order valence-electron chi connectivity index (χ3n) is 3.81. The maximum atomic E-state index is 5.78. The van der Waals surface area contributed by atoms with E-state index in [2.05, 4.69) is 19.1 Å². The third kappa shape index (κ3) is 7.34. The van der Waals surface area contributed by atoms with E-state index >= 15 is 0 Å². The van der Waals surface area contributed by atoms with Gasteiger partial charge in [-0.25, -0.2) is 0 Å². The standard InChI is InChI=1S/C21H28O2/c1-2-3-4-5-6-10-17-22-18-19-13-15-21(16-14-19)23-20-11-8-7-9-12-20/h7-9,11-16H,2-6,10,17-18H2,1H3. The first-order valence-electron chi connectivity index (χ1n) is 8.78. The Morgan fingerprint density at radius 1 is 0.696 bits per heavy atom. The van der Waals surface area contributed by atoms with Gasteiger partial charge in [-0.2, -0.15) is 0 Å². The van der Waals surface area contributed by atoms with E-state index in [0.29, 0.717) is 6.61 Å². The van der Waals surface area contributed by atoms with Crippen LogP contribution in [-0.2, 0) is 11.3 Å². The second kappa shape index (κ2) is 10.8. The SMILES string of the molecule is CCCCCCCCOCc1ccc(Oc2ccccc2)cc1. The van der Waals surface area contributed by atoms with E-state index in [1.54, 1.807) is 0 Å². The summed E-state index contributed by atoms with van der Waals surface area (Å²) in [7, 11) is 0. The van der Waals surface area contributed by atoms with Crippen molar-refractivity contribution in [3.63, 3.8) is 0 Å². The van der Waals surface area contributed by atoms with Crippen LogP contribution in [0.25, 0.3) is 0 Å². The van der Waals surface area contributed by atoms with Gasteiger partial charge in [-0.15, -0.1) is 0 Å². The molecule has 0 atom stereocenters. The van der Waals surface area contributed by atoms with Gasteiger partial charge < -0.3 is 9.47 Å². The number of unbranched alkanes of at least 4 members (excludes halogenated alkanes) is 5. The summed E-state index contributed by atoms with van der Waals surface area (Å²) in [5.74, 6) is 1.72. The maximum absolute atomic E-state index is 5.78. The molecule has 0 N–H and O–H groups in total. The topological polar surface area (TPSA) is 18.5 Å². The van der Waals surface area contributed by atoms with Gasteiger partial charge in [0.25, 0.3) is 0 Å². The molecule has 0 aliphatic rings. The summed E-state index contributed by atoms with van der Waals surface area (Å²) < 4.78 is 11.5. The zero-order valence-electron chi connectivity index (χ0n) is 14.2. The Hall–Kier alpha value is -1.80. The van der Waals surface area contributed by atoms with Gasteiger partial charge in [-0.05, 0) is 36.2 Å². The van der Waals surface area contributed by atoms with Crippen molar-refractivity contribution in [3.05, 3.63) is 60.2 Å². The molecule has 23 heavy (non-hydrogen) atoms. The molecule has 0 aromatic heterocycles. The molecule has 0 radical (unpaired) electrons. The molecule has 0 aliphatic heterocycles. The Kier molecular flexibility index (Phi) is 8.28. The van der Waals surface area contributed by atoms with Crippen LogP contribution >= 0.6 is 0 Å². The van der Waals surface area contributed by atoms with E-state index in [-0.39, 0.29) is 0 Å². The smallest absolute Gasteiger partial charge is 0.127 e. The summed E-state index contributed by atoms with van der Waals surface area (Å²) in [6.45, 7) is 3.79. The average Bonchev–Trinajstić information content (AvgIpc) is 2.60. The molecule has 0 amide bonds. The summed E-state index contributed by atoms with van der Waals surface area (Å²) in [5.41, 5.74) is 1.19. The number of hydrogen-bond acceptors (Lipinski definition) is 2. The van der Waals surface area contributed by atoms with Crippen LogP contribution in [0.5, 0.6) is 11.5 Å². The fourth-order valence-electron chi connectivity index (χ4n) is 2.45. The highest BCUT2D eigenvalue weighted by atomic mass is 16.5. The van der Waals surface area contributed by atoms with E-state index in [1.807, 2.05) is 42.5 Å². The van der Waals surface area contributed by atoms with Crippen LogP contribution in [0.1, 0.15) is 51.0 Å². The number of ether oxygens (including phenoxy) is 2. The van der Waals surface area contributed by atoms with Gasteiger partial charge in [-0.3, -0.25) is 0 Å². The van der Waals surface area contributed by atoms with Crippen LogP contribution in [0.4, 0.5) is 0 Å². The summed E-state index contributed by atoms with van der Waals surface area (Å²) in [6, 6.07) is 18.0. The van der Waals surface area contributed by atoms with Gasteiger partial charge in [0.1, 0.15) is 11.5 Å². The molecule has 0 spiro atoms. The van der Waals surface area contributed by atoms with E-state index in [4.69, 9.17) is 9.47 Å². The van der Waals surface area contributed by atoms with Gasteiger partial charge in [0.15, 0.2) is 0 Å². The molecule has 0 fully saturated rings. The van der Waals surface area contributed by atoms with Crippen molar-refractivity contribution in [3.8, 4) is 11.5 Å². The zero-order valence-corrected chi connectivity index (χ0v) is 14.2. The number of benzene rings is 2. The molecule has 2 aromatic carbocycles. The normalized spacial score (nSPS) is 10.7. The minimum Gasteiger partial charge on any atom is -0.457 e. The Morgan fingerprint density at radius 3 is 2.09 bits per heavy atom. The molecule has 2 nitrogen and oxygen atoms in total. The van der Waals surface area contributed by atoms with Gasteiger partial charge in [0, 0.05) is 6.61 Å². The molecular formula is C21H28O2. The quantitative estimate of drug-likeness (QED) is 0.450. The highest BCUT2D eigenvalue weighted by molar-refractivity contribution is 5.32. The number of para-hydroxylation sites is 1. The number of hydrogen-bond donors (Lipinski definition) is 0. The van der Waals surface area contributed by atoms with Gasteiger partial charge in [-0.1, -0.05) is 69.4 Å². The first-order chi connectivity index (χ1) is 11.4. The van der Waals surface area contributed by atoms with E-state index < -0.39 is 0 Å². The lowest BCUT2D eigenvalue weighted by atomic mass is 10.1. The fraction of sp³-hybridized carbons (Fsp3) is 0.429. The minimum absolute atomic E-state index is 0.681. The predicted octanol–water partition coefficient (Wildman–Crippen LogP) is 6.36. The molecular weight excluding hydrogens is 284 g/mol. The van der Waals surface area contributed by atoms with Crippen molar-refractivity contribution in [1.29, 1.82) is 0 Å². The van der Waals surface area contributed by atoms with Crippen molar-refractivity contribution < 1.29 is 9.47 Å². The second-order valence-electron chi connectivity index (χ2n) is 5.88. The number of rotatable bonds is 11. The molecule has 2 rings (SSSR count). The molecule has 0 aliphatic carbocycles. The monoisotopic (exact) mass is 312 g/mol. The maximum Gasteiger partial charge on any atom is 0.127 e. The Morgan fingerprint density at radius 2 is 1.35 bits per heavy atom. The first kappa shape index (κ1) is 17.6. The molecule has 2 aromatic rings. The summed E-state index contributed by atoms with van der Waals surface area (Å²) in [4.78, 5) is 0. The van der Waals surface area contributed by atoms with Crippen molar-refractivity contribution in [1.82, 2.24) is 0 Å². The summed E-state index contributed by atoms with van der Waals surface area (Å²) in [5, 5.41) is 0. The summed E-state index contributed by atoms with van der Waals surface area (Å²) in [6.07, 6.45) is 7.81. The lowest BCUT2D eigenvalue weighted by molar-refractivity contribution is 0.116. The third-order valence-corrected chi connectivity index (χ3v) is 3.81. The highest BCUT2D eigenvalue weighted by Gasteiger charge is 1.98. The lowest BCUT2D eigenvalue weighted by Crippen LogP contribution is -1.95. The van der Waals surface area contributed by atoms with E-state index in [0.717, 1.165) is 18.1 Å². The van der Waals surface area contributed by atoms with Crippen LogP contribution in [0, 0.1) is 0 Å². The van der Waals surface area contributed by atoms with Crippen molar-refractivity contribution >= 4 is 0 Å². The lowest BCUT2D eigenvalue weighted by Gasteiger charge is -2.07. The van der Waals surface area contributed by atoms with Crippen LogP contribution in [0.2, 0.25) is 0 Å². The first-order valence-corrected chi connectivity index (χ1v) is 8.78. The Bertz CT molecular complexity index is 519. The van der Waals surface area contributed by atoms with Crippen LogP contribution in [0.15, 0.2) is 54.6 Å². The van der Waals surface area contributed by atoms with Crippen molar-refractivity contribution in [2.45, 2.75) is 52.1 Å². The fourth-order valence-corrected chi connectivity index (χ4v) is 2.45. The molecule has 2 heteroatoms. The summed E-state index contributed by atoms with van der Waals surface area (Å²) >= 11 is 0. The second-order valence-corrected chi connectivity index (χ2v) is 5.88. The van der Waals surface area contributed by atoms with Gasteiger partial charge in [0.05, 0.1) is 6.61 Å². The Labute approximate surface area is 140 Å². The molecule has 0 saturated heterocycles. The van der Waals surface area contributed by atoms with Crippen molar-refractivity contribution in [2.75, 3.05) is 6.61 Å². The largest absolute Gasteiger partial charge is 0.457 e. The molecule has 124 valence electrons. The molecule has 0 unspecified atom stereocenters. The zero-order chi connectivity index (χ0) is 16.2.